The number of aliphatic hydroxyl groups is 1. The Morgan fingerprint density at radius 3 is 2.63 bits per heavy atom. The van der Waals surface area contributed by atoms with Gasteiger partial charge in [-0.05, 0) is 18.8 Å². The molecule has 1 aliphatic carbocycles. The lowest BCUT2D eigenvalue weighted by molar-refractivity contribution is -0.158. The van der Waals surface area contributed by atoms with E-state index in [1.165, 1.54) is 6.07 Å². The van der Waals surface area contributed by atoms with Gasteiger partial charge in [-0.1, -0.05) is 0 Å². The topological polar surface area (TPSA) is 106 Å². The van der Waals surface area contributed by atoms with Gasteiger partial charge in [0.2, 0.25) is 5.91 Å². The molecule has 1 aromatic heterocycles. The number of likely N-dealkylation sites (tertiary alicyclic amines) is 1. The van der Waals surface area contributed by atoms with Crippen molar-refractivity contribution in [3.05, 3.63) is 32.6 Å². The molecule has 0 spiro atoms. The summed E-state index contributed by atoms with van der Waals surface area (Å²) >= 11 is 0. The van der Waals surface area contributed by atoms with Crippen LogP contribution in [0.5, 0.6) is 0 Å². The summed E-state index contributed by atoms with van der Waals surface area (Å²) in [4.78, 5) is 40.1. The summed E-state index contributed by atoms with van der Waals surface area (Å²) in [5.74, 6) is 0.141. The number of β-amino-alcohol motifs (C(OH)–C–C–N with tert-alkyl or cyclic N) is 1. The number of nitrogens with one attached hydrogen (secondary N) is 2. The van der Waals surface area contributed by atoms with Crippen LogP contribution in [0.25, 0.3) is 0 Å². The van der Waals surface area contributed by atoms with Gasteiger partial charge in [0.1, 0.15) is 5.60 Å². The molecule has 7 nitrogen and oxygen atoms in total. The van der Waals surface area contributed by atoms with E-state index >= 15 is 0 Å². The van der Waals surface area contributed by atoms with E-state index in [1.807, 2.05) is 4.98 Å². The number of H-pyrrole nitrogens is 2. The third-order valence-electron chi connectivity index (χ3n) is 3.78. The number of amides is 1. The van der Waals surface area contributed by atoms with Gasteiger partial charge in [0.15, 0.2) is 0 Å². The number of aromatic nitrogens is 2. The molecule has 3 rings (SSSR count). The Balaban J connectivity index is 1.63. The minimum Gasteiger partial charge on any atom is -0.386 e. The molecule has 0 radical (unpaired) electrons. The predicted molar refractivity (Wildman–Crippen MR) is 65.6 cm³/mol. The number of rotatable bonds is 3. The zero-order valence-corrected chi connectivity index (χ0v) is 10.3. The Kier molecular flexibility index (Phi) is 2.60. The van der Waals surface area contributed by atoms with Crippen molar-refractivity contribution in [3.8, 4) is 0 Å². The molecule has 0 atom stereocenters. The molecule has 7 heteroatoms. The van der Waals surface area contributed by atoms with E-state index in [4.69, 9.17) is 0 Å². The summed E-state index contributed by atoms with van der Waals surface area (Å²) in [6.45, 7) is 0.702. The van der Waals surface area contributed by atoms with Crippen molar-refractivity contribution in [3.63, 3.8) is 0 Å². The fourth-order valence-corrected chi connectivity index (χ4v) is 2.56. The number of aromatic amines is 2. The molecule has 102 valence electrons. The first-order chi connectivity index (χ1) is 8.96. The van der Waals surface area contributed by atoms with Crippen molar-refractivity contribution in [2.24, 2.45) is 5.92 Å². The first kappa shape index (κ1) is 12.2. The van der Waals surface area contributed by atoms with Gasteiger partial charge in [-0.2, -0.15) is 0 Å². The Morgan fingerprint density at radius 2 is 2.05 bits per heavy atom. The van der Waals surface area contributed by atoms with Crippen molar-refractivity contribution in [2.45, 2.75) is 24.9 Å². The van der Waals surface area contributed by atoms with Crippen molar-refractivity contribution in [1.29, 1.82) is 0 Å². The Labute approximate surface area is 108 Å². The smallest absolute Gasteiger partial charge is 0.325 e. The van der Waals surface area contributed by atoms with Crippen LogP contribution in [0.2, 0.25) is 0 Å². The van der Waals surface area contributed by atoms with Crippen molar-refractivity contribution in [2.75, 3.05) is 13.1 Å². The van der Waals surface area contributed by atoms with Crippen LogP contribution in [0.1, 0.15) is 18.5 Å². The Bertz CT molecular complexity index is 594. The number of carbonyl (C=O) groups excluding carboxylic acids is 1. The second kappa shape index (κ2) is 4.06. The summed E-state index contributed by atoms with van der Waals surface area (Å²) in [6.07, 6.45) is 2.03. The second-order valence-corrected chi connectivity index (χ2v) is 5.42. The monoisotopic (exact) mass is 265 g/mol. The van der Waals surface area contributed by atoms with E-state index in [0.29, 0.717) is 24.7 Å². The third-order valence-corrected chi connectivity index (χ3v) is 3.78. The van der Waals surface area contributed by atoms with Gasteiger partial charge in [0.05, 0.1) is 19.5 Å². The predicted octanol–water partition coefficient (Wildman–Crippen LogP) is -1.41. The fourth-order valence-electron chi connectivity index (χ4n) is 2.56. The molecule has 2 heterocycles. The van der Waals surface area contributed by atoms with Crippen LogP contribution in [0.4, 0.5) is 0 Å². The zero-order valence-electron chi connectivity index (χ0n) is 10.3. The minimum atomic E-state index is -0.711. The molecule has 19 heavy (non-hydrogen) atoms. The van der Waals surface area contributed by atoms with Crippen LogP contribution in [0, 0.1) is 5.92 Å². The number of carbonyl (C=O) groups is 1. The standard InChI is InChI=1S/C12H15N3O4/c16-9-3-8(13-11(18)14-9)4-10(17)15-5-12(19,6-15)7-1-2-7/h3,7,19H,1-2,4-6H2,(H2,13,14,16,18). The van der Waals surface area contributed by atoms with Crippen LogP contribution >= 0.6 is 0 Å². The minimum absolute atomic E-state index is 0.0279. The molecule has 1 aromatic rings. The summed E-state index contributed by atoms with van der Waals surface area (Å²) in [5.41, 5.74) is -1.56. The van der Waals surface area contributed by atoms with Crippen molar-refractivity contribution in [1.82, 2.24) is 14.9 Å². The summed E-state index contributed by atoms with van der Waals surface area (Å²) < 4.78 is 0. The maximum absolute atomic E-state index is 11.9. The van der Waals surface area contributed by atoms with Gasteiger partial charge in [0, 0.05) is 11.8 Å². The van der Waals surface area contributed by atoms with E-state index in [-0.39, 0.29) is 12.3 Å². The lowest BCUT2D eigenvalue weighted by atomic mass is 9.88. The lowest BCUT2D eigenvalue weighted by Gasteiger charge is -2.47. The second-order valence-electron chi connectivity index (χ2n) is 5.42. The van der Waals surface area contributed by atoms with Gasteiger partial charge < -0.3 is 15.0 Å². The molecular formula is C12H15N3O4. The van der Waals surface area contributed by atoms with Gasteiger partial charge >= 0.3 is 5.69 Å². The molecule has 0 bridgehead atoms. The van der Waals surface area contributed by atoms with E-state index < -0.39 is 16.9 Å². The van der Waals surface area contributed by atoms with Crippen LogP contribution in [-0.2, 0) is 11.2 Å². The summed E-state index contributed by atoms with van der Waals surface area (Å²) in [6, 6.07) is 1.20. The fraction of sp³-hybridized carbons (Fsp3) is 0.583. The quantitative estimate of drug-likeness (QED) is 0.624. The normalized spacial score (nSPS) is 21.0. The maximum atomic E-state index is 11.9. The molecule has 0 aromatic carbocycles. The van der Waals surface area contributed by atoms with E-state index in [2.05, 4.69) is 4.98 Å². The first-order valence-electron chi connectivity index (χ1n) is 6.29. The molecule has 1 aliphatic heterocycles. The van der Waals surface area contributed by atoms with Crippen LogP contribution < -0.4 is 11.2 Å². The molecule has 2 fully saturated rings. The van der Waals surface area contributed by atoms with Crippen LogP contribution in [0.3, 0.4) is 0 Å². The summed E-state index contributed by atoms with van der Waals surface area (Å²) in [7, 11) is 0. The molecular weight excluding hydrogens is 250 g/mol. The maximum Gasteiger partial charge on any atom is 0.325 e. The van der Waals surface area contributed by atoms with Crippen molar-refractivity contribution < 1.29 is 9.90 Å². The van der Waals surface area contributed by atoms with Gasteiger partial charge in [-0.25, -0.2) is 4.79 Å². The highest BCUT2D eigenvalue weighted by molar-refractivity contribution is 5.79. The third kappa shape index (κ3) is 2.33. The first-order valence-corrected chi connectivity index (χ1v) is 6.29. The lowest BCUT2D eigenvalue weighted by Crippen LogP contribution is -2.65. The van der Waals surface area contributed by atoms with Crippen LogP contribution in [-0.4, -0.2) is 44.6 Å². The molecule has 1 saturated heterocycles. The number of nitrogens with zero attached hydrogens (tertiary/aromatic N) is 1. The molecule has 1 amide bonds. The average molecular weight is 265 g/mol. The molecule has 2 aliphatic rings. The highest BCUT2D eigenvalue weighted by atomic mass is 16.3. The number of hydrogen-bond donors (Lipinski definition) is 3. The molecule has 0 unspecified atom stereocenters. The van der Waals surface area contributed by atoms with Gasteiger partial charge in [-0.15, -0.1) is 0 Å². The van der Waals surface area contributed by atoms with Gasteiger partial charge in [0.25, 0.3) is 5.56 Å². The van der Waals surface area contributed by atoms with E-state index in [9.17, 15) is 19.5 Å². The van der Waals surface area contributed by atoms with Crippen molar-refractivity contribution >= 4 is 5.91 Å². The van der Waals surface area contributed by atoms with E-state index in [0.717, 1.165) is 12.8 Å². The Morgan fingerprint density at radius 1 is 1.37 bits per heavy atom. The average Bonchev–Trinajstić information content (AvgIpc) is 3.06. The Hall–Kier alpha value is -1.89. The van der Waals surface area contributed by atoms with Crippen LogP contribution in [0.15, 0.2) is 15.7 Å². The highest BCUT2D eigenvalue weighted by Gasteiger charge is 2.53. The highest BCUT2D eigenvalue weighted by Crippen LogP contribution is 2.44. The molecule has 3 N–H and O–H groups in total. The summed E-state index contributed by atoms with van der Waals surface area (Å²) in [5, 5.41) is 10.1. The van der Waals surface area contributed by atoms with E-state index in [1.54, 1.807) is 4.90 Å². The zero-order chi connectivity index (χ0) is 13.6. The molecule has 1 saturated carbocycles. The van der Waals surface area contributed by atoms with Gasteiger partial charge in [-0.3, -0.25) is 14.6 Å². The SMILES string of the molecule is O=C(Cc1cc(=O)[nH]c(=O)[nH]1)N1CC(O)(C2CC2)C1. The largest absolute Gasteiger partial charge is 0.386 e. The number of hydrogen-bond acceptors (Lipinski definition) is 4.